The van der Waals surface area contributed by atoms with Crippen LogP contribution in [0.15, 0.2) is 36.4 Å². The Labute approximate surface area is 145 Å². The van der Waals surface area contributed by atoms with Crippen LogP contribution in [0.1, 0.15) is 18.4 Å². The quantitative estimate of drug-likeness (QED) is 0.799. The highest BCUT2D eigenvalue weighted by atomic mass is 16.6. The second-order valence-corrected chi connectivity index (χ2v) is 6.22. The molecule has 0 bridgehead atoms. The van der Waals surface area contributed by atoms with E-state index in [2.05, 4.69) is 5.32 Å². The fraction of sp³-hybridized carbons (Fsp3) is 0.389. The topological polar surface area (TPSA) is 95.9 Å². The van der Waals surface area contributed by atoms with Crippen molar-refractivity contribution in [3.05, 3.63) is 42.0 Å². The number of allylic oxidation sites excluding steroid dienone is 2. The SMILES string of the molecule is O=C(O)[C@H]1CC=CC[C@@H]1C(=O)Nc1ccc(CN2CCOC2=O)cc1. The van der Waals surface area contributed by atoms with E-state index >= 15 is 0 Å². The van der Waals surface area contributed by atoms with Gasteiger partial charge in [-0.1, -0.05) is 24.3 Å². The van der Waals surface area contributed by atoms with E-state index in [0.717, 1.165) is 5.56 Å². The van der Waals surface area contributed by atoms with Crippen LogP contribution in [0, 0.1) is 11.8 Å². The van der Waals surface area contributed by atoms with E-state index in [1.807, 2.05) is 18.2 Å². The summed E-state index contributed by atoms with van der Waals surface area (Å²) < 4.78 is 4.89. The molecule has 1 heterocycles. The van der Waals surface area contributed by atoms with Crippen LogP contribution < -0.4 is 5.32 Å². The first-order valence-electron chi connectivity index (χ1n) is 8.24. The van der Waals surface area contributed by atoms with Gasteiger partial charge in [-0.05, 0) is 30.5 Å². The molecule has 1 aliphatic heterocycles. The first kappa shape index (κ1) is 17.0. The Hall–Kier alpha value is -2.83. The summed E-state index contributed by atoms with van der Waals surface area (Å²) in [5, 5.41) is 12.0. The van der Waals surface area contributed by atoms with Crippen LogP contribution in [-0.2, 0) is 20.9 Å². The lowest BCUT2D eigenvalue weighted by atomic mass is 9.82. The van der Waals surface area contributed by atoms with E-state index in [4.69, 9.17) is 4.74 Å². The number of rotatable bonds is 5. The maximum Gasteiger partial charge on any atom is 0.410 e. The van der Waals surface area contributed by atoms with Crippen LogP contribution in [0.3, 0.4) is 0 Å². The van der Waals surface area contributed by atoms with Crippen LogP contribution in [0.2, 0.25) is 0 Å². The van der Waals surface area contributed by atoms with Crippen LogP contribution in [0.4, 0.5) is 10.5 Å². The lowest BCUT2D eigenvalue weighted by Crippen LogP contribution is -2.34. The van der Waals surface area contributed by atoms with E-state index < -0.39 is 17.8 Å². The molecule has 0 spiro atoms. The zero-order valence-electron chi connectivity index (χ0n) is 13.7. The minimum Gasteiger partial charge on any atom is -0.481 e. The molecule has 132 valence electrons. The number of amides is 2. The number of ether oxygens (including phenoxy) is 1. The van der Waals surface area contributed by atoms with Gasteiger partial charge in [0.05, 0.1) is 18.4 Å². The van der Waals surface area contributed by atoms with Gasteiger partial charge in [0.25, 0.3) is 0 Å². The Morgan fingerprint density at radius 1 is 1.16 bits per heavy atom. The third-order valence-electron chi connectivity index (χ3n) is 4.53. The number of aliphatic carboxylic acids is 1. The Kier molecular flexibility index (Phi) is 5.02. The number of hydrogen-bond donors (Lipinski definition) is 2. The highest BCUT2D eigenvalue weighted by Gasteiger charge is 2.33. The molecule has 1 fully saturated rings. The molecule has 1 aliphatic carbocycles. The molecule has 0 aromatic heterocycles. The van der Waals surface area contributed by atoms with Gasteiger partial charge in [-0.2, -0.15) is 0 Å². The molecule has 2 amide bonds. The van der Waals surface area contributed by atoms with Gasteiger partial charge in [-0.25, -0.2) is 4.79 Å². The van der Waals surface area contributed by atoms with Gasteiger partial charge >= 0.3 is 12.1 Å². The Balaban J connectivity index is 1.60. The molecule has 1 aromatic rings. The minimum absolute atomic E-state index is 0.285. The number of carboxylic acid groups (broad SMARTS) is 1. The molecular weight excluding hydrogens is 324 g/mol. The molecule has 0 radical (unpaired) electrons. The number of benzene rings is 1. The lowest BCUT2D eigenvalue weighted by Gasteiger charge is -2.24. The second-order valence-electron chi connectivity index (χ2n) is 6.22. The van der Waals surface area contributed by atoms with Gasteiger partial charge in [0.15, 0.2) is 0 Å². The van der Waals surface area contributed by atoms with Crippen molar-refractivity contribution >= 4 is 23.7 Å². The average Bonchev–Trinajstić information content (AvgIpc) is 3.01. The van der Waals surface area contributed by atoms with Gasteiger partial charge in [-0.3, -0.25) is 9.59 Å². The number of nitrogens with zero attached hydrogens (tertiary/aromatic N) is 1. The molecule has 2 N–H and O–H groups in total. The summed E-state index contributed by atoms with van der Waals surface area (Å²) in [7, 11) is 0. The lowest BCUT2D eigenvalue weighted by molar-refractivity contribution is -0.146. The number of hydrogen-bond acceptors (Lipinski definition) is 4. The number of nitrogens with one attached hydrogen (secondary N) is 1. The van der Waals surface area contributed by atoms with E-state index in [9.17, 15) is 19.5 Å². The molecule has 3 rings (SSSR count). The zero-order valence-corrected chi connectivity index (χ0v) is 13.7. The Bertz CT molecular complexity index is 698. The first-order valence-corrected chi connectivity index (χ1v) is 8.24. The summed E-state index contributed by atoms with van der Waals surface area (Å²) in [6, 6.07) is 7.17. The van der Waals surface area contributed by atoms with Crippen LogP contribution >= 0.6 is 0 Å². The van der Waals surface area contributed by atoms with Crippen molar-refractivity contribution < 1.29 is 24.2 Å². The number of carboxylic acids is 1. The van der Waals surface area contributed by atoms with Crippen LogP contribution in [-0.4, -0.2) is 41.1 Å². The van der Waals surface area contributed by atoms with E-state index in [1.165, 1.54) is 0 Å². The second kappa shape index (κ2) is 7.38. The Morgan fingerprint density at radius 3 is 2.44 bits per heavy atom. The summed E-state index contributed by atoms with van der Waals surface area (Å²) in [5.74, 6) is -2.49. The normalized spacial score (nSPS) is 22.6. The molecule has 1 saturated heterocycles. The number of anilines is 1. The highest BCUT2D eigenvalue weighted by Crippen LogP contribution is 2.27. The standard InChI is InChI=1S/C18H20N2O5/c21-16(14-3-1-2-4-15(14)17(22)23)19-13-7-5-12(6-8-13)11-20-9-10-25-18(20)24/h1-2,5-8,14-15H,3-4,9-11H2,(H,19,21)(H,22,23)/t14-,15-/m0/s1. The smallest absolute Gasteiger partial charge is 0.410 e. The molecule has 0 saturated carbocycles. The molecule has 0 unspecified atom stereocenters. The maximum absolute atomic E-state index is 12.4. The van der Waals surface area contributed by atoms with Gasteiger partial charge in [0, 0.05) is 12.2 Å². The fourth-order valence-corrected chi connectivity index (χ4v) is 3.10. The summed E-state index contributed by atoms with van der Waals surface area (Å²) in [6.45, 7) is 1.44. The van der Waals surface area contributed by atoms with E-state index in [0.29, 0.717) is 38.2 Å². The number of carbonyl (C=O) groups excluding carboxylic acids is 2. The average molecular weight is 344 g/mol. The third kappa shape index (κ3) is 3.99. The summed E-state index contributed by atoms with van der Waals surface area (Å²) >= 11 is 0. The largest absolute Gasteiger partial charge is 0.481 e. The maximum atomic E-state index is 12.4. The predicted molar refractivity (Wildman–Crippen MR) is 89.8 cm³/mol. The predicted octanol–water partition coefficient (Wildman–Crippen LogP) is 2.24. The third-order valence-corrected chi connectivity index (χ3v) is 4.53. The van der Waals surface area contributed by atoms with Crippen molar-refractivity contribution in [2.24, 2.45) is 11.8 Å². The van der Waals surface area contributed by atoms with Gasteiger partial charge in [0.2, 0.25) is 5.91 Å². The molecule has 7 nitrogen and oxygen atoms in total. The van der Waals surface area contributed by atoms with E-state index in [1.54, 1.807) is 23.1 Å². The van der Waals surface area contributed by atoms with Crippen molar-refractivity contribution in [2.45, 2.75) is 19.4 Å². The van der Waals surface area contributed by atoms with Crippen molar-refractivity contribution in [3.8, 4) is 0 Å². The zero-order chi connectivity index (χ0) is 17.8. The van der Waals surface area contributed by atoms with Gasteiger partial charge in [-0.15, -0.1) is 0 Å². The van der Waals surface area contributed by atoms with Gasteiger partial charge < -0.3 is 20.1 Å². The van der Waals surface area contributed by atoms with Crippen LogP contribution in [0.25, 0.3) is 0 Å². The first-order chi connectivity index (χ1) is 12.0. The van der Waals surface area contributed by atoms with Crippen LogP contribution in [0.5, 0.6) is 0 Å². The molecule has 2 aliphatic rings. The van der Waals surface area contributed by atoms with Crippen molar-refractivity contribution in [1.82, 2.24) is 4.90 Å². The molecular formula is C18H20N2O5. The van der Waals surface area contributed by atoms with Crippen molar-refractivity contribution in [3.63, 3.8) is 0 Å². The Morgan fingerprint density at radius 2 is 1.84 bits per heavy atom. The summed E-state index contributed by atoms with van der Waals surface area (Å²) in [4.78, 5) is 36.8. The molecule has 25 heavy (non-hydrogen) atoms. The monoisotopic (exact) mass is 344 g/mol. The summed E-state index contributed by atoms with van der Waals surface area (Å²) in [6.07, 6.45) is 4.14. The number of cyclic esters (lactones) is 1. The van der Waals surface area contributed by atoms with Crippen molar-refractivity contribution in [1.29, 1.82) is 0 Å². The molecule has 7 heteroatoms. The summed E-state index contributed by atoms with van der Waals surface area (Å²) in [5.41, 5.74) is 1.54. The number of carbonyl (C=O) groups is 3. The molecule has 2 atom stereocenters. The molecule has 1 aromatic carbocycles. The van der Waals surface area contributed by atoms with Crippen molar-refractivity contribution in [2.75, 3.05) is 18.5 Å². The fourth-order valence-electron chi connectivity index (χ4n) is 3.10. The highest BCUT2D eigenvalue weighted by molar-refractivity contribution is 5.95. The van der Waals surface area contributed by atoms with Gasteiger partial charge in [0.1, 0.15) is 6.61 Å². The van der Waals surface area contributed by atoms with E-state index in [-0.39, 0.29) is 12.0 Å². The minimum atomic E-state index is -0.947.